The first-order valence-corrected chi connectivity index (χ1v) is 22.1. The van der Waals surface area contributed by atoms with E-state index in [1.54, 1.807) is 18.7 Å². The van der Waals surface area contributed by atoms with Gasteiger partial charge in [-0.2, -0.15) is 8.42 Å². The van der Waals surface area contributed by atoms with Crippen molar-refractivity contribution >= 4 is 34.2 Å². The highest BCUT2D eigenvalue weighted by atomic mass is 32.2. The summed E-state index contributed by atoms with van der Waals surface area (Å²) in [6.45, 7) is 20.8. The molecule has 3 atom stereocenters. The Hall–Kier alpha value is -2.77. The lowest BCUT2D eigenvalue weighted by molar-refractivity contribution is -0.157. The van der Waals surface area contributed by atoms with Gasteiger partial charge >= 0.3 is 24.1 Å². The van der Waals surface area contributed by atoms with Gasteiger partial charge in [0.25, 0.3) is 10.1 Å². The molecule has 3 unspecified atom stereocenters. The molecule has 18 heteroatoms. The number of carbonyl (C=O) groups excluding carboxylic acids is 4. The van der Waals surface area contributed by atoms with E-state index in [1.165, 1.54) is 0 Å². The van der Waals surface area contributed by atoms with Gasteiger partial charge in [0, 0.05) is 45.8 Å². The largest absolute Gasteiger partial charge is 0.466 e. The van der Waals surface area contributed by atoms with Crippen LogP contribution in [0, 0.1) is 11.8 Å². The molecule has 0 spiro atoms. The van der Waals surface area contributed by atoms with E-state index in [2.05, 4.69) is 28.5 Å². The second-order valence-electron chi connectivity index (χ2n) is 15.2. The van der Waals surface area contributed by atoms with Crippen molar-refractivity contribution < 1.29 is 50.7 Å². The minimum Gasteiger partial charge on any atom is -0.466 e. The van der Waals surface area contributed by atoms with Crippen molar-refractivity contribution in [2.45, 2.75) is 78.0 Å². The van der Waals surface area contributed by atoms with Crippen LogP contribution in [-0.4, -0.2) is 204 Å². The van der Waals surface area contributed by atoms with Crippen molar-refractivity contribution in [3.63, 3.8) is 0 Å². The molecule has 0 saturated carbocycles. The molecule has 5 saturated heterocycles. The predicted molar refractivity (Wildman–Crippen MR) is 204 cm³/mol. The number of piperidine rings is 2. The Bertz CT molecular complexity index is 1330. The maximum atomic E-state index is 12.5. The molecule has 316 valence electrons. The zero-order valence-electron chi connectivity index (χ0n) is 33.7. The predicted octanol–water partition coefficient (Wildman–Crippen LogP) is 1.56. The Morgan fingerprint density at radius 2 is 1.18 bits per heavy atom. The van der Waals surface area contributed by atoms with Gasteiger partial charge in [0.1, 0.15) is 24.9 Å². The molecule has 0 aromatic rings. The van der Waals surface area contributed by atoms with Crippen LogP contribution in [0.3, 0.4) is 0 Å². The summed E-state index contributed by atoms with van der Waals surface area (Å²) in [6, 6.07) is -0.625. The zero-order chi connectivity index (χ0) is 40.0. The van der Waals surface area contributed by atoms with Gasteiger partial charge < -0.3 is 38.5 Å². The fourth-order valence-corrected chi connectivity index (χ4v) is 8.34. The van der Waals surface area contributed by atoms with Crippen LogP contribution in [0.2, 0.25) is 0 Å². The lowest BCUT2D eigenvalue weighted by Crippen LogP contribution is -2.54. The second-order valence-corrected chi connectivity index (χ2v) is 16.8. The van der Waals surface area contributed by atoms with Crippen LogP contribution in [0.15, 0.2) is 0 Å². The van der Waals surface area contributed by atoms with Crippen LogP contribution >= 0.6 is 0 Å². The number of ether oxygens (including phenoxy) is 4. The van der Waals surface area contributed by atoms with Gasteiger partial charge in [-0.15, -0.1) is 0 Å². The van der Waals surface area contributed by atoms with E-state index in [1.807, 2.05) is 9.80 Å². The molecule has 5 aliphatic heterocycles. The van der Waals surface area contributed by atoms with Crippen molar-refractivity contribution in [3.05, 3.63) is 0 Å². The number of rotatable bonds is 17. The fraction of sp³-hybridized carbons (Fsp3) is 0.892. The molecule has 17 nitrogen and oxygen atoms in total. The summed E-state index contributed by atoms with van der Waals surface area (Å²) < 4.78 is 47.6. The molecule has 0 aliphatic carbocycles. The summed E-state index contributed by atoms with van der Waals surface area (Å²) in [4.78, 5) is 61.4. The lowest BCUT2D eigenvalue weighted by atomic mass is 9.96. The number of hydrogen-bond donors (Lipinski definition) is 0. The number of amides is 2. The van der Waals surface area contributed by atoms with Gasteiger partial charge in [0.2, 0.25) is 0 Å². The van der Waals surface area contributed by atoms with Crippen LogP contribution in [0.5, 0.6) is 0 Å². The summed E-state index contributed by atoms with van der Waals surface area (Å²) in [7, 11) is -3.50. The van der Waals surface area contributed by atoms with Gasteiger partial charge in [-0.05, 0) is 90.6 Å². The number of hydrogen-bond acceptors (Lipinski definition) is 15. The third-order valence-electron chi connectivity index (χ3n) is 11.2. The van der Waals surface area contributed by atoms with Crippen molar-refractivity contribution in [2.75, 3.05) is 124 Å². The van der Waals surface area contributed by atoms with Gasteiger partial charge in [-0.25, -0.2) is 9.59 Å². The molecule has 2 amide bonds. The lowest BCUT2D eigenvalue weighted by Gasteiger charge is -2.38. The van der Waals surface area contributed by atoms with E-state index in [0.29, 0.717) is 51.1 Å². The minimum absolute atomic E-state index is 0.000939. The summed E-state index contributed by atoms with van der Waals surface area (Å²) in [5.41, 5.74) is 0. The first-order valence-electron chi connectivity index (χ1n) is 20.3. The maximum Gasteiger partial charge on any atom is 0.410 e. The maximum absolute atomic E-state index is 12.5. The normalized spacial score (nSPS) is 24.6. The molecule has 0 radical (unpaired) electrons. The first-order chi connectivity index (χ1) is 26.3. The van der Waals surface area contributed by atoms with E-state index < -0.39 is 22.3 Å². The summed E-state index contributed by atoms with van der Waals surface area (Å²) >= 11 is 0. The highest BCUT2D eigenvalue weighted by molar-refractivity contribution is 7.85. The number of carbonyl (C=O) groups is 4. The Balaban J connectivity index is 0.000000274. The molecular formula is C37H66N6O11S. The SMILES string of the molecule is CCN1CCC(CN2CC(COS(C)(=O)=O)OC2=O)CC1.CCOC(=O)CC(C(=O)OCC)N1CCN(CC2CN(CC3CCN(CC)CC3)C(=O)O2)CC1. The summed E-state index contributed by atoms with van der Waals surface area (Å²) in [5, 5.41) is 0. The van der Waals surface area contributed by atoms with Crippen LogP contribution in [0.1, 0.15) is 59.8 Å². The topological polar surface area (TPSA) is 168 Å². The van der Waals surface area contributed by atoms with E-state index >= 15 is 0 Å². The number of nitrogens with zero attached hydrogens (tertiary/aromatic N) is 6. The number of piperazine rings is 1. The van der Waals surface area contributed by atoms with Crippen molar-refractivity contribution in [2.24, 2.45) is 11.8 Å². The Morgan fingerprint density at radius 1 is 0.691 bits per heavy atom. The molecule has 55 heavy (non-hydrogen) atoms. The van der Waals surface area contributed by atoms with E-state index in [0.717, 1.165) is 90.8 Å². The highest BCUT2D eigenvalue weighted by Crippen LogP contribution is 2.24. The second kappa shape index (κ2) is 22.2. The Kier molecular flexibility index (Phi) is 18.2. The van der Waals surface area contributed by atoms with Crippen LogP contribution in [0.25, 0.3) is 0 Å². The molecule has 0 N–H and O–H groups in total. The molecule has 0 bridgehead atoms. The number of esters is 2. The first kappa shape index (κ1) is 44.9. The molecular weight excluding hydrogens is 737 g/mol. The van der Waals surface area contributed by atoms with Crippen LogP contribution < -0.4 is 0 Å². The number of cyclic esters (lactones) is 2. The van der Waals surface area contributed by atoms with Crippen LogP contribution in [0.4, 0.5) is 9.59 Å². The Morgan fingerprint density at radius 3 is 1.65 bits per heavy atom. The molecule has 5 aliphatic rings. The standard InChI is InChI=1S/C24H42N4O6.C13H24N2O5S/c1-4-25-9-7-19(8-10-25)16-28-18-20(34-24(28)31)17-26-11-13-27(14-12-26)21(23(30)33-6-3)15-22(29)32-5-2;1-3-14-6-4-11(5-7-14)8-15-9-12(20-13(15)16)10-19-21(2,17)18/h19-21H,4-18H2,1-3H3;11-12H,3-10H2,1-2H3. The Labute approximate surface area is 327 Å². The summed E-state index contributed by atoms with van der Waals surface area (Å²) in [5.74, 6) is 0.280. The third kappa shape index (κ3) is 14.9. The third-order valence-corrected chi connectivity index (χ3v) is 11.7. The molecule has 5 fully saturated rings. The van der Waals surface area contributed by atoms with Gasteiger partial charge in [-0.3, -0.25) is 23.6 Å². The quantitative estimate of drug-likeness (QED) is 0.118. The monoisotopic (exact) mass is 802 g/mol. The fourth-order valence-electron chi connectivity index (χ4n) is 7.95. The van der Waals surface area contributed by atoms with Gasteiger partial charge in [0.05, 0.1) is 39.0 Å². The summed E-state index contributed by atoms with van der Waals surface area (Å²) in [6.07, 6.45) is 4.24. The van der Waals surface area contributed by atoms with E-state index in [4.69, 9.17) is 23.1 Å². The van der Waals surface area contributed by atoms with Gasteiger partial charge in [0.15, 0.2) is 0 Å². The van der Waals surface area contributed by atoms with E-state index in [-0.39, 0.29) is 56.5 Å². The molecule has 0 aromatic heterocycles. The van der Waals surface area contributed by atoms with E-state index in [9.17, 15) is 27.6 Å². The molecule has 5 rings (SSSR count). The highest BCUT2D eigenvalue weighted by Gasteiger charge is 2.37. The average molecular weight is 803 g/mol. The number of likely N-dealkylation sites (tertiary alicyclic amines) is 2. The van der Waals surface area contributed by atoms with Gasteiger partial charge in [-0.1, -0.05) is 13.8 Å². The molecule has 0 aromatic carbocycles. The average Bonchev–Trinajstić information content (AvgIpc) is 3.69. The zero-order valence-corrected chi connectivity index (χ0v) is 34.5. The van der Waals surface area contributed by atoms with Crippen LogP contribution in [-0.2, 0) is 42.8 Å². The minimum atomic E-state index is -3.50. The smallest absolute Gasteiger partial charge is 0.410 e. The van der Waals surface area contributed by atoms with Crippen molar-refractivity contribution in [1.82, 2.24) is 29.4 Å². The van der Waals surface area contributed by atoms with Crippen molar-refractivity contribution in [1.29, 1.82) is 0 Å². The van der Waals surface area contributed by atoms with Crippen molar-refractivity contribution in [3.8, 4) is 0 Å². The molecule has 5 heterocycles.